The topological polar surface area (TPSA) is 33.7 Å². The van der Waals surface area contributed by atoms with Gasteiger partial charge < -0.3 is 19.7 Å². The lowest BCUT2D eigenvalue weighted by atomic mass is 9.86. The van der Waals surface area contributed by atoms with Crippen LogP contribution >= 0.6 is 0 Å². The van der Waals surface area contributed by atoms with Gasteiger partial charge in [-0.05, 0) is 33.1 Å². The second kappa shape index (κ2) is 5.85. The average Bonchev–Trinajstić information content (AvgIpc) is 2.91. The van der Waals surface area contributed by atoms with Crippen molar-refractivity contribution in [2.45, 2.75) is 37.8 Å². The van der Waals surface area contributed by atoms with Crippen LogP contribution in [0.4, 0.5) is 0 Å². The maximum Gasteiger partial charge on any atom is 0.128 e. The highest BCUT2D eigenvalue weighted by Gasteiger charge is 2.43. The van der Waals surface area contributed by atoms with Crippen LogP contribution in [0.5, 0.6) is 11.5 Å². The molecule has 4 nitrogen and oxygen atoms in total. The van der Waals surface area contributed by atoms with Crippen LogP contribution in [0.3, 0.4) is 0 Å². The fraction of sp³-hybridized carbons (Fsp3) is 0.647. The van der Waals surface area contributed by atoms with Gasteiger partial charge in [0.2, 0.25) is 0 Å². The molecule has 1 aromatic carbocycles. The third-order valence-corrected chi connectivity index (χ3v) is 4.54. The maximum absolute atomic E-state index is 6.41. The minimum Gasteiger partial charge on any atom is -0.493 e. The molecule has 3 rings (SSSR count). The van der Waals surface area contributed by atoms with Gasteiger partial charge in [-0.1, -0.05) is 13.0 Å². The number of nitrogens with one attached hydrogen (secondary N) is 1. The number of benzene rings is 1. The Balaban J connectivity index is 1.91. The zero-order valence-corrected chi connectivity index (χ0v) is 13.3. The van der Waals surface area contributed by atoms with E-state index in [1.54, 1.807) is 0 Å². The van der Waals surface area contributed by atoms with Gasteiger partial charge in [-0.3, -0.25) is 0 Å². The lowest BCUT2D eigenvalue weighted by Gasteiger charge is -2.42. The Labute approximate surface area is 127 Å². The molecule has 1 aromatic rings. The molecule has 0 amide bonds. The van der Waals surface area contributed by atoms with Crippen LogP contribution in [0.15, 0.2) is 18.2 Å². The number of hydrogen-bond acceptors (Lipinski definition) is 4. The zero-order valence-electron chi connectivity index (χ0n) is 13.3. The monoisotopic (exact) mass is 290 g/mol. The number of ether oxygens (including phenoxy) is 2. The fourth-order valence-electron chi connectivity index (χ4n) is 3.37. The summed E-state index contributed by atoms with van der Waals surface area (Å²) in [5.41, 5.74) is 1.23. The summed E-state index contributed by atoms with van der Waals surface area (Å²) in [6.07, 6.45) is 3.15. The molecule has 2 aliphatic rings. The first kappa shape index (κ1) is 14.7. The van der Waals surface area contributed by atoms with Gasteiger partial charge in [-0.25, -0.2) is 0 Å². The molecular formula is C17H26N2O2. The molecule has 21 heavy (non-hydrogen) atoms. The van der Waals surface area contributed by atoms with E-state index in [-0.39, 0.29) is 5.60 Å². The lowest BCUT2D eigenvalue weighted by molar-refractivity contribution is 0.0286. The largest absolute Gasteiger partial charge is 0.493 e. The van der Waals surface area contributed by atoms with Crippen molar-refractivity contribution in [1.29, 1.82) is 0 Å². The molecule has 0 aromatic heterocycles. The Morgan fingerprint density at radius 1 is 1.43 bits per heavy atom. The summed E-state index contributed by atoms with van der Waals surface area (Å²) in [6, 6.07) is 6.72. The van der Waals surface area contributed by atoms with Crippen molar-refractivity contribution in [2.24, 2.45) is 0 Å². The molecule has 0 aliphatic carbocycles. The van der Waals surface area contributed by atoms with Gasteiger partial charge in [0, 0.05) is 37.1 Å². The number of rotatable bonds is 4. The van der Waals surface area contributed by atoms with Gasteiger partial charge in [-0.15, -0.1) is 0 Å². The van der Waals surface area contributed by atoms with E-state index < -0.39 is 0 Å². The summed E-state index contributed by atoms with van der Waals surface area (Å²) in [7, 11) is 4.30. The molecule has 1 saturated heterocycles. The van der Waals surface area contributed by atoms with Gasteiger partial charge in [0.1, 0.15) is 17.1 Å². The van der Waals surface area contributed by atoms with Crippen LogP contribution in [-0.4, -0.2) is 44.3 Å². The molecule has 1 N–H and O–H groups in total. The van der Waals surface area contributed by atoms with Gasteiger partial charge in [0.05, 0.1) is 6.61 Å². The number of fused-ring (bicyclic) bond motifs is 1. The summed E-state index contributed by atoms with van der Waals surface area (Å²) < 4.78 is 12.2. The molecule has 1 fully saturated rings. The Hall–Kier alpha value is -1.26. The Kier molecular flexibility index (Phi) is 4.09. The summed E-state index contributed by atoms with van der Waals surface area (Å²) in [6.45, 7) is 4.86. The van der Waals surface area contributed by atoms with Crippen molar-refractivity contribution in [1.82, 2.24) is 10.2 Å². The van der Waals surface area contributed by atoms with E-state index in [9.17, 15) is 0 Å². The first-order valence-electron chi connectivity index (χ1n) is 7.96. The smallest absolute Gasteiger partial charge is 0.128 e. The number of nitrogens with zero attached hydrogens (tertiary/aromatic N) is 1. The predicted octanol–water partition coefficient (Wildman–Crippen LogP) is 2.59. The van der Waals surface area contributed by atoms with Crippen molar-refractivity contribution in [3.8, 4) is 11.5 Å². The van der Waals surface area contributed by atoms with Gasteiger partial charge in [0.15, 0.2) is 0 Å². The molecule has 116 valence electrons. The van der Waals surface area contributed by atoms with Crippen molar-refractivity contribution >= 4 is 0 Å². The van der Waals surface area contributed by atoms with E-state index in [1.807, 2.05) is 0 Å². The first-order valence-corrected chi connectivity index (χ1v) is 7.96. The number of hydrogen-bond donors (Lipinski definition) is 1. The molecule has 1 spiro atoms. The molecule has 2 atom stereocenters. The minimum absolute atomic E-state index is 0.0503. The molecule has 0 radical (unpaired) electrons. The minimum atomic E-state index is -0.0503. The Morgan fingerprint density at radius 2 is 2.29 bits per heavy atom. The van der Waals surface area contributed by atoms with Gasteiger partial charge >= 0.3 is 0 Å². The third kappa shape index (κ3) is 2.87. The van der Waals surface area contributed by atoms with E-state index in [0.717, 1.165) is 50.5 Å². The van der Waals surface area contributed by atoms with Gasteiger partial charge in [0.25, 0.3) is 0 Å². The maximum atomic E-state index is 6.41. The summed E-state index contributed by atoms with van der Waals surface area (Å²) in [5.74, 6) is 1.91. The molecule has 0 bridgehead atoms. The molecule has 2 unspecified atom stereocenters. The zero-order chi connectivity index (χ0) is 14.9. The highest BCUT2D eigenvalue weighted by Crippen LogP contribution is 2.45. The fourth-order valence-corrected chi connectivity index (χ4v) is 3.37. The molecule has 0 saturated carbocycles. The van der Waals surface area contributed by atoms with E-state index in [1.165, 1.54) is 5.56 Å². The van der Waals surface area contributed by atoms with Crippen LogP contribution in [0.1, 0.15) is 37.8 Å². The van der Waals surface area contributed by atoms with Crippen molar-refractivity contribution in [3.63, 3.8) is 0 Å². The second-order valence-electron chi connectivity index (χ2n) is 6.44. The first-order chi connectivity index (χ1) is 10.1. The summed E-state index contributed by atoms with van der Waals surface area (Å²) in [5, 5.41) is 3.45. The van der Waals surface area contributed by atoms with E-state index in [0.29, 0.717) is 6.04 Å². The third-order valence-electron chi connectivity index (χ3n) is 4.54. The van der Waals surface area contributed by atoms with E-state index in [4.69, 9.17) is 9.47 Å². The van der Waals surface area contributed by atoms with Crippen molar-refractivity contribution in [3.05, 3.63) is 23.8 Å². The summed E-state index contributed by atoms with van der Waals surface area (Å²) >= 11 is 0. The quantitative estimate of drug-likeness (QED) is 0.924. The van der Waals surface area contributed by atoms with E-state index >= 15 is 0 Å². The SMILES string of the molecule is CCCOc1ccc2c(c1)OC1(CCNC1)CC2N(C)C. The van der Waals surface area contributed by atoms with Crippen LogP contribution in [0.2, 0.25) is 0 Å². The Morgan fingerprint density at radius 3 is 2.95 bits per heavy atom. The standard InChI is InChI=1S/C17H26N2O2/c1-4-9-20-13-5-6-14-15(19(2)3)11-17(7-8-18-12-17)21-16(14)10-13/h5-6,10,15,18H,4,7-9,11-12H2,1-3H3. The lowest BCUT2D eigenvalue weighted by Crippen LogP contribution is -2.45. The van der Waals surface area contributed by atoms with Gasteiger partial charge in [-0.2, -0.15) is 0 Å². The van der Waals surface area contributed by atoms with Crippen molar-refractivity contribution in [2.75, 3.05) is 33.8 Å². The highest BCUT2D eigenvalue weighted by atomic mass is 16.5. The Bertz CT molecular complexity index is 496. The van der Waals surface area contributed by atoms with Crippen molar-refractivity contribution < 1.29 is 9.47 Å². The van der Waals surface area contributed by atoms with Crippen LogP contribution in [0, 0.1) is 0 Å². The van der Waals surface area contributed by atoms with Crippen LogP contribution in [-0.2, 0) is 0 Å². The molecule has 2 aliphatic heterocycles. The second-order valence-corrected chi connectivity index (χ2v) is 6.44. The molecule has 4 heteroatoms. The normalized spacial score (nSPS) is 27.7. The van der Waals surface area contributed by atoms with Crippen LogP contribution < -0.4 is 14.8 Å². The highest BCUT2D eigenvalue weighted by molar-refractivity contribution is 5.45. The summed E-state index contributed by atoms with van der Waals surface area (Å²) in [4.78, 5) is 2.30. The van der Waals surface area contributed by atoms with Crippen LogP contribution in [0.25, 0.3) is 0 Å². The average molecular weight is 290 g/mol. The molecular weight excluding hydrogens is 264 g/mol. The predicted molar refractivity (Wildman–Crippen MR) is 84.1 cm³/mol. The van der Waals surface area contributed by atoms with E-state index in [2.05, 4.69) is 49.4 Å². The molecule has 2 heterocycles.